The highest BCUT2D eigenvalue weighted by Crippen LogP contribution is 2.17. The van der Waals surface area contributed by atoms with Gasteiger partial charge in [0.1, 0.15) is 5.75 Å². The maximum Gasteiger partial charge on any atom is 0.340 e. The van der Waals surface area contributed by atoms with E-state index in [1.807, 2.05) is 18.2 Å². The third-order valence-corrected chi connectivity index (χ3v) is 3.11. The Balaban J connectivity index is 2.06. The first-order chi connectivity index (χ1) is 11.1. The third kappa shape index (κ3) is 4.57. The highest BCUT2D eigenvalue weighted by Gasteiger charge is 2.18. The second-order valence-electron chi connectivity index (χ2n) is 4.83. The Bertz CT molecular complexity index is 670. The molecule has 5 nitrogen and oxygen atoms in total. The third-order valence-electron chi connectivity index (χ3n) is 3.11. The van der Waals surface area contributed by atoms with Crippen LogP contribution in [-0.4, -0.2) is 24.6 Å². The van der Waals surface area contributed by atoms with Crippen LogP contribution in [0.1, 0.15) is 24.2 Å². The largest absolute Gasteiger partial charge is 0.481 e. The number of hydrogen-bond acceptors (Lipinski definition) is 4. The van der Waals surface area contributed by atoms with E-state index in [0.29, 0.717) is 17.0 Å². The molecule has 0 radical (unpaired) electrons. The molecule has 1 amide bonds. The molecule has 0 saturated heterocycles. The second kappa shape index (κ2) is 7.98. The molecule has 0 aliphatic carbocycles. The predicted molar refractivity (Wildman–Crippen MR) is 87.6 cm³/mol. The van der Waals surface area contributed by atoms with Gasteiger partial charge in [0.2, 0.25) is 0 Å². The number of rotatable bonds is 6. The van der Waals surface area contributed by atoms with Gasteiger partial charge in [-0.25, -0.2) is 4.79 Å². The highest BCUT2D eigenvalue weighted by atomic mass is 16.5. The Kier molecular flexibility index (Phi) is 5.74. The van der Waals surface area contributed by atoms with Gasteiger partial charge in [0.25, 0.3) is 5.91 Å². The molecule has 0 fully saturated rings. The van der Waals surface area contributed by atoms with E-state index in [-0.39, 0.29) is 12.5 Å². The van der Waals surface area contributed by atoms with Gasteiger partial charge in [0.15, 0.2) is 6.10 Å². The van der Waals surface area contributed by atoms with Crippen molar-refractivity contribution in [3.05, 3.63) is 60.2 Å². The maximum absolute atomic E-state index is 12.3. The zero-order valence-electron chi connectivity index (χ0n) is 13.1. The molecule has 23 heavy (non-hydrogen) atoms. The molecular weight excluding hydrogens is 294 g/mol. The van der Waals surface area contributed by atoms with Crippen LogP contribution in [0.2, 0.25) is 0 Å². The molecule has 5 heteroatoms. The summed E-state index contributed by atoms with van der Waals surface area (Å²) in [6.07, 6.45) is -0.701. The van der Waals surface area contributed by atoms with Gasteiger partial charge >= 0.3 is 5.97 Å². The summed E-state index contributed by atoms with van der Waals surface area (Å²) in [6, 6.07) is 15.8. The van der Waals surface area contributed by atoms with Crippen molar-refractivity contribution in [1.82, 2.24) is 0 Å². The molecule has 0 spiro atoms. The fourth-order valence-electron chi connectivity index (χ4n) is 1.97. The van der Waals surface area contributed by atoms with Crippen LogP contribution in [0.25, 0.3) is 0 Å². The molecule has 2 aromatic rings. The summed E-state index contributed by atoms with van der Waals surface area (Å²) in [4.78, 5) is 24.2. The number of nitrogens with one attached hydrogen (secondary N) is 1. The van der Waals surface area contributed by atoms with Crippen molar-refractivity contribution in [1.29, 1.82) is 0 Å². The van der Waals surface area contributed by atoms with Crippen LogP contribution < -0.4 is 10.1 Å². The highest BCUT2D eigenvalue weighted by molar-refractivity contribution is 6.02. The lowest BCUT2D eigenvalue weighted by Gasteiger charge is -2.16. The number of ether oxygens (including phenoxy) is 2. The summed E-state index contributed by atoms with van der Waals surface area (Å²) in [5, 5.41) is 2.71. The number of hydrogen-bond donors (Lipinski definition) is 1. The summed E-state index contributed by atoms with van der Waals surface area (Å²) >= 11 is 0. The molecule has 0 aliphatic heterocycles. The molecule has 0 saturated carbocycles. The lowest BCUT2D eigenvalue weighted by molar-refractivity contribution is -0.122. The maximum atomic E-state index is 12.3. The standard InChI is InChI=1S/C18H19NO4/c1-3-22-18(21)15-11-7-8-12-16(15)19-17(20)13(2)23-14-9-5-4-6-10-14/h4-13H,3H2,1-2H3,(H,19,20)/t13-/m1/s1. The molecule has 1 N–H and O–H groups in total. The van der Waals surface area contributed by atoms with Gasteiger partial charge in [0, 0.05) is 0 Å². The Morgan fingerprint density at radius 3 is 2.39 bits per heavy atom. The normalized spacial score (nSPS) is 11.4. The van der Waals surface area contributed by atoms with Crippen molar-refractivity contribution in [3.63, 3.8) is 0 Å². The summed E-state index contributed by atoms with van der Waals surface area (Å²) in [6.45, 7) is 3.65. The zero-order valence-corrected chi connectivity index (χ0v) is 13.1. The number of para-hydroxylation sites is 2. The van der Waals surface area contributed by atoms with Crippen LogP contribution >= 0.6 is 0 Å². The van der Waals surface area contributed by atoms with Crippen molar-refractivity contribution in [2.75, 3.05) is 11.9 Å². The smallest absolute Gasteiger partial charge is 0.340 e. The predicted octanol–water partition coefficient (Wildman–Crippen LogP) is 3.27. The van der Waals surface area contributed by atoms with Gasteiger partial charge in [-0.1, -0.05) is 30.3 Å². The number of carbonyl (C=O) groups is 2. The molecular formula is C18H19NO4. The average molecular weight is 313 g/mol. The first-order valence-electron chi connectivity index (χ1n) is 7.40. The van der Waals surface area contributed by atoms with Crippen LogP contribution in [0.3, 0.4) is 0 Å². The second-order valence-corrected chi connectivity index (χ2v) is 4.83. The van der Waals surface area contributed by atoms with Crippen LogP contribution in [0.15, 0.2) is 54.6 Å². The summed E-state index contributed by atoms with van der Waals surface area (Å²) in [7, 11) is 0. The van der Waals surface area contributed by atoms with E-state index in [9.17, 15) is 9.59 Å². The van der Waals surface area contributed by atoms with Gasteiger partial charge in [-0.15, -0.1) is 0 Å². The molecule has 0 unspecified atom stereocenters. The van der Waals surface area contributed by atoms with E-state index in [1.54, 1.807) is 50.2 Å². The van der Waals surface area contributed by atoms with Crippen molar-refractivity contribution in [2.45, 2.75) is 20.0 Å². The first kappa shape index (κ1) is 16.5. The fraction of sp³-hybridized carbons (Fsp3) is 0.222. The van der Waals surface area contributed by atoms with Crippen LogP contribution in [-0.2, 0) is 9.53 Å². The molecule has 0 heterocycles. The molecule has 120 valence electrons. The minimum Gasteiger partial charge on any atom is -0.481 e. The topological polar surface area (TPSA) is 64.6 Å². The van der Waals surface area contributed by atoms with Gasteiger partial charge in [-0.2, -0.15) is 0 Å². The van der Waals surface area contributed by atoms with Crippen LogP contribution in [0.4, 0.5) is 5.69 Å². The summed E-state index contributed by atoms with van der Waals surface area (Å²) < 4.78 is 10.6. The van der Waals surface area contributed by atoms with Crippen LogP contribution in [0.5, 0.6) is 5.75 Å². The minimum absolute atomic E-state index is 0.272. The molecule has 0 aliphatic rings. The Hall–Kier alpha value is -2.82. The lowest BCUT2D eigenvalue weighted by Crippen LogP contribution is -2.30. The number of esters is 1. The average Bonchev–Trinajstić information content (AvgIpc) is 2.56. The zero-order chi connectivity index (χ0) is 16.7. The quantitative estimate of drug-likeness (QED) is 0.831. The van der Waals surface area contributed by atoms with Crippen molar-refractivity contribution in [3.8, 4) is 5.75 Å². The molecule has 1 atom stereocenters. The monoisotopic (exact) mass is 313 g/mol. The number of amides is 1. The molecule has 2 aromatic carbocycles. The van der Waals surface area contributed by atoms with E-state index >= 15 is 0 Å². The Morgan fingerprint density at radius 2 is 1.70 bits per heavy atom. The Morgan fingerprint density at radius 1 is 1.04 bits per heavy atom. The number of anilines is 1. The SMILES string of the molecule is CCOC(=O)c1ccccc1NC(=O)[C@@H](C)Oc1ccccc1. The van der Waals surface area contributed by atoms with E-state index < -0.39 is 12.1 Å². The van der Waals surface area contributed by atoms with Crippen molar-refractivity contribution < 1.29 is 19.1 Å². The number of carbonyl (C=O) groups excluding carboxylic acids is 2. The van der Waals surface area contributed by atoms with Crippen molar-refractivity contribution in [2.24, 2.45) is 0 Å². The molecule has 2 rings (SSSR count). The number of benzene rings is 2. The molecule has 0 aromatic heterocycles. The Labute approximate surface area is 135 Å². The summed E-state index contributed by atoms with van der Waals surface area (Å²) in [5.74, 6) is -0.209. The van der Waals surface area contributed by atoms with E-state index in [2.05, 4.69) is 5.32 Å². The first-order valence-corrected chi connectivity index (χ1v) is 7.40. The van der Waals surface area contributed by atoms with Gasteiger partial charge in [0.05, 0.1) is 17.9 Å². The van der Waals surface area contributed by atoms with Crippen molar-refractivity contribution >= 4 is 17.6 Å². The minimum atomic E-state index is -0.701. The van der Waals surface area contributed by atoms with E-state index in [1.165, 1.54) is 0 Å². The summed E-state index contributed by atoms with van der Waals surface area (Å²) in [5.41, 5.74) is 0.717. The fourth-order valence-corrected chi connectivity index (χ4v) is 1.97. The van der Waals surface area contributed by atoms with E-state index in [4.69, 9.17) is 9.47 Å². The lowest BCUT2D eigenvalue weighted by atomic mass is 10.1. The molecule has 0 bridgehead atoms. The van der Waals surface area contributed by atoms with Crippen LogP contribution in [0, 0.1) is 0 Å². The van der Waals surface area contributed by atoms with Gasteiger partial charge in [-0.3, -0.25) is 4.79 Å². The van der Waals surface area contributed by atoms with Gasteiger partial charge in [-0.05, 0) is 38.1 Å². The van der Waals surface area contributed by atoms with Gasteiger partial charge < -0.3 is 14.8 Å². The van der Waals surface area contributed by atoms with E-state index in [0.717, 1.165) is 0 Å².